The Hall–Kier alpha value is -2.13. The highest BCUT2D eigenvalue weighted by Gasteiger charge is 2.17. The monoisotopic (exact) mass is 295 g/mol. The minimum absolute atomic E-state index is 0.687. The lowest BCUT2D eigenvalue weighted by molar-refractivity contribution is 0.956. The Bertz CT molecular complexity index is 845. The number of hydrogen-bond donors (Lipinski definition) is 0. The van der Waals surface area contributed by atoms with Gasteiger partial charge in [-0.25, -0.2) is 0 Å². The highest BCUT2D eigenvalue weighted by Crippen LogP contribution is 2.35. The van der Waals surface area contributed by atoms with E-state index in [1.54, 1.807) is 12.4 Å². The lowest BCUT2D eigenvalue weighted by Gasteiger charge is -2.14. The van der Waals surface area contributed by atoms with E-state index in [1.165, 1.54) is 11.3 Å². The standard InChI is InChI=1S/C17H14ClN3/c1-21-7-4-11-2-3-12(8-16(11)21)14-9-13(18)10-15-17(14)20-6-5-19-15/h2-3,5-6,8-10H,4,7H2,1H3. The van der Waals surface area contributed by atoms with Crippen molar-refractivity contribution in [3.63, 3.8) is 0 Å². The van der Waals surface area contributed by atoms with Crippen molar-refractivity contribution in [3.05, 3.63) is 53.3 Å². The van der Waals surface area contributed by atoms with Crippen LogP contribution < -0.4 is 4.90 Å². The Morgan fingerprint density at radius 3 is 2.86 bits per heavy atom. The van der Waals surface area contributed by atoms with Gasteiger partial charge in [-0.2, -0.15) is 0 Å². The third-order valence-electron chi connectivity index (χ3n) is 4.06. The maximum Gasteiger partial charge on any atom is 0.0966 e. The maximum atomic E-state index is 6.24. The molecule has 1 aromatic heterocycles. The largest absolute Gasteiger partial charge is 0.374 e. The summed E-state index contributed by atoms with van der Waals surface area (Å²) in [5, 5.41) is 0.687. The zero-order valence-corrected chi connectivity index (χ0v) is 12.4. The predicted molar refractivity (Wildman–Crippen MR) is 87.0 cm³/mol. The molecule has 0 fully saturated rings. The van der Waals surface area contributed by atoms with E-state index in [1.807, 2.05) is 12.1 Å². The molecule has 3 aromatic rings. The van der Waals surface area contributed by atoms with E-state index in [0.717, 1.165) is 35.1 Å². The van der Waals surface area contributed by atoms with E-state index in [9.17, 15) is 0 Å². The number of nitrogens with zero attached hydrogens (tertiary/aromatic N) is 3. The molecule has 21 heavy (non-hydrogen) atoms. The van der Waals surface area contributed by atoms with Gasteiger partial charge >= 0.3 is 0 Å². The number of fused-ring (bicyclic) bond motifs is 2. The molecule has 0 aliphatic carbocycles. The molecule has 0 atom stereocenters. The predicted octanol–water partition coefficient (Wildman–Crippen LogP) is 3.94. The molecule has 2 aromatic carbocycles. The van der Waals surface area contributed by atoms with E-state index in [0.29, 0.717) is 5.02 Å². The molecule has 1 aliphatic rings. The van der Waals surface area contributed by atoms with Crippen molar-refractivity contribution in [2.24, 2.45) is 0 Å². The highest BCUT2D eigenvalue weighted by atomic mass is 35.5. The van der Waals surface area contributed by atoms with Crippen molar-refractivity contribution >= 4 is 28.3 Å². The van der Waals surface area contributed by atoms with Crippen LogP contribution in [0.5, 0.6) is 0 Å². The summed E-state index contributed by atoms with van der Waals surface area (Å²) in [6, 6.07) is 10.4. The van der Waals surface area contributed by atoms with Crippen LogP contribution in [0.4, 0.5) is 5.69 Å². The molecule has 0 radical (unpaired) electrons. The fourth-order valence-corrected chi connectivity index (χ4v) is 3.18. The van der Waals surface area contributed by atoms with Gasteiger partial charge < -0.3 is 4.90 Å². The first kappa shape index (κ1) is 12.6. The number of halogens is 1. The van der Waals surface area contributed by atoms with Gasteiger partial charge in [0.1, 0.15) is 0 Å². The number of anilines is 1. The number of aromatic nitrogens is 2. The molecule has 0 amide bonds. The van der Waals surface area contributed by atoms with Crippen LogP contribution in [0.25, 0.3) is 22.2 Å². The van der Waals surface area contributed by atoms with Gasteiger partial charge in [-0.05, 0) is 35.7 Å². The molecular formula is C17H14ClN3. The van der Waals surface area contributed by atoms with Gasteiger partial charge in [0, 0.05) is 42.3 Å². The average molecular weight is 296 g/mol. The molecule has 0 saturated carbocycles. The van der Waals surface area contributed by atoms with Crippen molar-refractivity contribution in [2.45, 2.75) is 6.42 Å². The van der Waals surface area contributed by atoms with Crippen molar-refractivity contribution in [1.82, 2.24) is 9.97 Å². The molecule has 3 nitrogen and oxygen atoms in total. The Morgan fingerprint density at radius 2 is 1.95 bits per heavy atom. The number of rotatable bonds is 1. The van der Waals surface area contributed by atoms with Crippen LogP contribution in [0.15, 0.2) is 42.7 Å². The first-order valence-electron chi connectivity index (χ1n) is 6.97. The van der Waals surface area contributed by atoms with E-state index in [2.05, 4.69) is 40.1 Å². The zero-order valence-electron chi connectivity index (χ0n) is 11.7. The molecule has 0 unspecified atom stereocenters. The summed E-state index contributed by atoms with van der Waals surface area (Å²) < 4.78 is 0. The molecule has 104 valence electrons. The molecule has 4 heteroatoms. The summed E-state index contributed by atoms with van der Waals surface area (Å²) in [6.45, 7) is 1.08. The smallest absolute Gasteiger partial charge is 0.0966 e. The molecule has 1 aliphatic heterocycles. The van der Waals surface area contributed by atoms with Crippen LogP contribution in [0.2, 0.25) is 5.02 Å². The summed E-state index contributed by atoms with van der Waals surface area (Å²) >= 11 is 6.24. The second-order valence-electron chi connectivity index (χ2n) is 5.39. The normalized spacial score (nSPS) is 13.7. The fourth-order valence-electron chi connectivity index (χ4n) is 2.97. The van der Waals surface area contributed by atoms with Gasteiger partial charge in [-0.3, -0.25) is 9.97 Å². The average Bonchev–Trinajstić information content (AvgIpc) is 2.87. The van der Waals surface area contributed by atoms with Crippen molar-refractivity contribution < 1.29 is 0 Å². The molecule has 0 spiro atoms. The lowest BCUT2D eigenvalue weighted by atomic mass is 10.0. The van der Waals surface area contributed by atoms with Crippen LogP contribution in [-0.4, -0.2) is 23.6 Å². The minimum atomic E-state index is 0.687. The van der Waals surface area contributed by atoms with E-state index in [4.69, 9.17) is 11.6 Å². The van der Waals surface area contributed by atoms with Crippen LogP contribution >= 0.6 is 11.6 Å². The van der Waals surface area contributed by atoms with Crippen LogP contribution in [-0.2, 0) is 6.42 Å². The zero-order chi connectivity index (χ0) is 14.4. The van der Waals surface area contributed by atoms with Gasteiger partial charge in [-0.15, -0.1) is 0 Å². The SMILES string of the molecule is CN1CCc2ccc(-c3cc(Cl)cc4nccnc34)cc21. The molecule has 2 heterocycles. The minimum Gasteiger partial charge on any atom is -0.374 e. The van der Waals surface area contributed by atoms with Gasteiger partial charge in [0.25, 0.3) is 0 Å². The highest BCUT2D eigenvalue weighted by molar-refractivity contribution is 6.31. The van der Waals surface area contributed by atoms with E-state index < -0.39 is 0 Å². The van der Waals surface area contributed by atoms with Crippen LogP contribution in [0.1, 0.15) is 5.56 Å². The Labute approximate surface area is 128 Å². The Kier molecular flexibility index (Phi) is 2.82. The van der Waals surface area contributed by atoms with Crippen molar-refractivity contribution in [2.75, 3.05) is 18.5 Å². The molecular weight excluding hydrogens is 282 g/mol. The lowest BCUT2D eigenvalue weighted by Crippen LogP contribution is -2.12. The summed E-state index contributed by atoms with van der Waals surface area (Å²) in [6.07, 6.45) is 4.53. The van der Waals surface area contributed by atoms with Gasteiger partial charge in [-0.1, -0.05) is 23.7 Å². The topological polar surface area (TPSA) is 29.0 Å². The molecule has 0 saturated heterocycles. The summed E-state index contributed by atoms with van der Waals surface area (Å²) in [5.41, 5.74) is 6.59. The van der Waals surface area contributed by atoms with E-state index in [-0.39, 0.29) is 0 Å². The van der Waals surface area contributed by atoms with E-state index >= 15 is 0 Å². The first-order valence-corrected chi connectivity index (χ1v) is 7.35. The van der Waals surface area contributed by atoms with Crippen LogP contribution in [0.3, 0.4) is 0 Å². The molecule has 0 N–H and O–H groups in total. The van der Waals surface area contributed by atoms with Gasteiger partial charge in [0.05, 0.1) is 11.0 Å². The van der Waals surface area contributed by atoms with Crippen LogP contribution in [0, 0.1) is 0 Å². The first-order chi connectivity index (χ1) is 10.2. The fraction of sp³-hybridized carbons (Fsp3) is 0.176. The number of hydrogen-bond acceptors (Lipinski definition) is 3. The summed E-state index contributed by atoms with van der Waals surface area (Å²) in [7, 11) is 2.13. The quantitative estimate of drug-likeness (QED) is 0.681. The van der Waals surface area contributed by atoms with Crippen molar-refractivity contribution in [3.8, 4) is 11.1 Å². The number of benzene rings is 2. The summed E-state index contributed by atoms with van der Waals surface area (Å²) in [5.74, 6) is 0. The Balaban J connectivity index is 1.97. The second-order valence-corrected chi connectivity index (χ2v) is 5.83. The Morgan fingerprint density at radius 1 is 1.10 bits per heavy atom. The van der Waals surface area contributed by atoms with Gasteiger partial charge in [0.15, 0.2) is 0 Å². The maximum absolute atomic E-state index is 6.24. The third-order valence-corrected chi connectivity index (χ3v) is 4.28. The number of likely N-dealkylation sites (N-methyl/N-ethyl adjacent to an activating group) is 1. The molecule has 4 rings (SSSR count). The van der Waals surface area contributed by atoms with Crippen molar-refractivity contribution in [1.29, 1.82) is 0 Å². The second kappa shape index (κ2) is 4.71. The van der Waals surface area contributed by atoms with Gasteiger partial charge in [0.2, 0.25) is 0 Å². The summed E-state index contributed by atoms with van der Waals surface area (Å²) in [4.78, 5) is 11.1. The third kappa shape index (κ3) is 2.05. The molecule has 0 bridgehead atoms.